The predicted molar refractivity (Wildman–Crippen MR) is 86.7 cm³/mol. The fraction of sp³-hybridized carbons (Fsp3) is 0.111. The summed E-state index contributed by atoms with van der Waals surface area (Å²) < 4.78 is 55.0. The van der Waals surface area contributed by atoms with Crippen molar-refractivity contribution in [3.05, 3.63) is 82.6 Å². The Balaban J connectivity index is 1.78. The molecule has 0 aliphatic heterocycles. The highest BCUT2D eigenvalue weighted by molar-refractivity contribution is 6.03. The fourth-order valence-electron chi connectivity index (χ4n) is 2.41. The molecule has 134 valence electrons. The van der Waals surface area contributed by atoms with Crippen molar-refractivity contribution in [1.82, 2.24) is 9.78 Å². The van der Waals surface area contributed by atoms with Gasteiger partial charge in [-0.1, -0.05) is 17.7 Å². The van der Waals surface area contributed by atoms with E-state index in [-0.39, 0.29) is 11.9 Å². The first kappa shape index (κ1) is 17.7. The molecule has 0 aliphatic carbocycles. The molecule has 1 N–H and O–H groups in total. The third-order valence-corrected chi connectivity index (χ3v) is 3.69. The van der Waals surface area contributed by atoms with Crippen molar-refractivity contribution in [3.8, 4) is 0 Å². The summed E-state index contributed by atoms with van der Waals surface area (Å²) in [6, 6.07) is 8.43. The van der Waals surface area contributed by atoms with Gasteiger partial charge in [0.1, 0.15) is 0 Å². The highest BCUT2D eigenvalue weighted by atomic mass is 19.2. The van der Waals surface area contributed by atoms with E-state index in [2.05, 4.69) is 10.4 Å². The van der Waals surface area contributed by atoms with E-state index in [1.54, 1.807) is 18.2 Å². The molecule has 1 heterocycles. The van der Waals surface area contributed by atoms with E-state index in [0.717, 1.165) is 10.2 Å². The number of halogens is 4. The lowest BCUT2D eigenvalue weighted by Crippen LogP contribution is -2.13. The SMILES string of the molecule is Cc1cccc(C(=O)Nc2ccn(Cc3c(F)c(F)cc(F)c3F)n2)c1. The lowest BCUT2D eigenvalue weighted by molar-refractivity contribution is 0.102. The number of nitrogens with one attached hydrogen (secondary N) is 1. The summed E-state index contributed by atoms with van der Waals surface area (Å²) in [6.45, 7) is 1.30. The van der Waals surface area contributed by atoms with Gasteiger partial charge in [-0.3, -0.25) is 9.48 Å². The van der Waals surface area contributed by atoms with Gasteiger partial charge in [-0.05, 0) is 19.1 Å². The van der Waals surface area contributed by atoms with Crippen molar-refractivity contribution in [3.63, 3.8) is 0 Å². The molecule has 0 fully saturated rings. The maximum absolute atomic E-state index is 13.7. The number of aromatic nitrogens is 2. The number of carbonyl (C=O) groups is 1. The number of carbonyl (C=O) groups excluding carboxylic acids is 1. The summed E-state index contributed by atoms with van der Waals surface area (Å²) in [6.07, 6.45) is 1.33. The van der Waals surface area contributed by atoms with Gasteiger partial charge in [0.05, 0.1) is 12.1 Å². The number of nitrogens with zero attached hydrogens (tertiary/aromatic N) is 2. The van der Waals surface area contributed by atoms with Gasteiger partial charge < -0.3 is 5.32 Å². The molecule has 0 aliphatic rings. The second-order valence-corrected chi connectivity index (χ2v) is 5.67. The molecule has 0 radical (unpaired) electrons. The van der Waals surface area contributed by atoms with Crippen LogP contribution in [0.3, 0.4) is 0 Å². The van der Waals surface area contributed by atoms with E-state index in [4.69, 9.17) is 0 Å². The largest absolute Gasteiger partial charge is 0.305 e. The smallest absolute Gasteiger partial charge is 0.256 e. The van der Waals surface area contributed by atoms with E-state index < -0.39 is 41.3 Å². The summed E-state index contributed by atoms with van der Waals surface area (Å²) in [5.74, 6) is -6.21. The van der Waals surface area contributed by atoms with Crippen LogP contribution >= 0.6 is 0 Å². The molecule has 8 heteroatoms. The van der Waals surface area contributed by atoms with Crippen LogP contribution < -0.4 is 5.32 Å². The Labute approximate surface area is 146 Å². The molecule has 1 aromatic heterocycles. The average molecular weight is 363 g/mol. The van der Waals surface area contributed by atoms with Gasteiger partial charge in [0.15, 0.2) is 29.1 Å². The van der Waals surface area contributed by atoms with Crippen molar-refractivity contribution in [2.75, 3.05) is 5.32 Å². The van der Waals surface area contributed by atoms with E-state index >= 15 is 0 Å². The van der Waals surface area contributed by atoms with Crippen molar-refractivity contribution in [1.29, 1.82) is 0 Å². The number of amides is 1. The monoisotopic (exact) mass is 363 g/mol. The van der Waals surface area contributed by atoms with Crippen LogP contribution in [0, 0.1) is 30.2 Å². The Kier molecular flexibility index (Phi) is 4.75. The molecule has 3 aromatic rings. The van der Waals surface area contributed by atoms with Crippen LogP contribution in [-0.4, -0.2) is 15.7 Å². The second kappa shape index (κ2) is 6.99. The van der Waals surface area contributed by atoms with Gasteiger partial charge in [-0.2, -0.15) is 5.10 Å². The van der Waals surface area contributed by atoms with Crippen molar-refractivity contribution in [2.45, 2.75) is 13.5 Å². The lowest BCUT2D eigenvalue weighted by atomic mass is 10.1. The first-order valence-electron chi connectivity index (χ1n) is 7.58. The first-order valence-corrected chi connectivity index (χ1v) is 7.58. The molecular weight excluding hydrogens is 350 g/mol. The van der Waals surface area contributed by atoms with Gasteiger partial charge in [-0.25, -0.2) is 17.6 Å². The fourth-order valence-corrected chi connectivity index (χ4v) is 2.41. The molecule has 0 bridgehead atoms. The maximum Gasteiger partial charge on any atom is 0.256 e. The molecule has 0 unspecified atom stereocenters. The average Bonchev–Trinajstić information content (AvgIpc) is 3.04. The molecule has 2 aromatic carbocycles. The number of rotatable bonds is 4. The lowest BCUT2D eigenvalue weighted by Gasteiger charge is -2.07. The minimum absolute atomic E-state index is 0.134. The van der Waals surface area contributed by atoms with Crippen LogP contribution in [0.5, 0.6) is 0 Å². The van der Waals surface area contributed by atoms with Crippen molar-refractivity contribution >= 4 is 11.7 Å². The number of anilines is 1. The zero-order valence-electron chi connectivity index (χ0n) is 13.6. The molecule has 1 amide bonds. The van der Waals surface area contributed by atoms with Crippen LogP contribution in [-0.2, 0) is 6.54 Å². The summed E-state index contributed by atoms with van der Waals surface area (Å²) in [7, 11) is 0. The van der Waals surface area contributed by atoms with Crippen LogP contribution in [0.4, 0.5) is 23.4 Å². The standard InChI is InChI=1S/C18H13F4N3O/c1-10-3-2-4-11(7-10)18(26)23-15-5-6-25(24-15)9-12-16(21)13(19)8-14(20)17(12)22/h2-8H,9H2,1H3,(H,23,24,26). The van der Waals surface area contributed by atoms with Gasteiger partial charge in [-0.15, -0.1) is 0 Å². The van der Waals surface area contributed by atoms with Crippen LogP contribution in [0.1, 0.15) is 21.5 Å². The van der Waals surface area contributed by atoms with Gasteiger partial charge in [0.2, 0.25) is 0 Å². The molecule has 0 spiro atoms. The topological polar surface area (TPSA) is 46.9 Å². The Bertz CT molecular complexity index is 958. The number of aryl methyl sites for hydroxylation is 1. The molecule has 0 saturated carbocycles. The third-order valence-electron chi connectivity index (χ3n) is 3.69. The molecule has 0 saturated heterocycles. The van der Waals surface area contributed by atoms with Crippen LogP contribution in [0.25, 0.3) is 0 Å². The second-order valence-electron chi connectivity index (χ2n) is 5.67. The molecule has 4 nitrogen and oxygen atoms in total. The summed E-state index contributed by atoms with van der Waals surface area (Å²) in [5, 5.41) is 6.48. The summed E-state index contributed by atoms with van der Waals surface area (Å²) in [5.41, 5.74) is 0.535. The van der Waals surface area contributed by atoms with E-state index in [9.17, 15) is 22.4 Å². The normalized spacial score (nSPS) is 10.8. The van der Waals surface area contributed by atoms with Crippen molar-refractivity contribution in [2.24, 2.45) is 0 Å². The predicted octanol–water partition coefficient (Wildman–Crippen LogP) is 4.05. The quantitative estimate of drug-likeness (QED) is 0.562. The zero-order valence-corrected chi connectivity index (χ0v) is 13.6. The van der Waals surface area contributed by atoms with E-state index in [1.165, 1.54) is 12.3 Å². The minimum Gasteiger partial charge on any atom is -0.305 e. The molecule has 26 heavy (non-hydrogen) atoms. The van der Waals surface area contributed by atoms with Gasteiger partial charge >= 0.3 is 0 Å². The zero-order chi connectivity index (χ0) is 18.8. The van der Waals surface area contributed by atoms with E-state index in [1.807, 2.05) is 13.0 Å². The number of benzene rings is 2. The third kappa shape index (κ3) is 3.58. The van der Waals surface area contributed by atoms with Crippen molar-refractivity contribution < 1.29 is 22.4 Å². The van der Waals surface area contributed by atoms with Crippen LogP contribution in [0.15, 0.2) is 42.6 Å². The number of hydrogen-bond acceptors (Lipinski definition) is 2. The van der Waals surface area contributed by atoms with Gasteiger partial charge in [0, 0.05) is 23.9 Å². The number of hydrogen-bond donors (Lipinski definition) is 1. The van der Waals surface area contributed by atoms with Crippen LogP contribution in [0.2, 0.25) is 0 Å². The first-order chi connectivity index (χ1) is 12.3. The summed E-state index contributed by atoms with van der Waals surface area (Å²) in [4.78, 5) is 12.2. The molecule has 0 atom stereocenters. The molecule has 3 rings (SSSR count). The van der Waals surface area contributed by atoms with Gasteiger partial charge in [0.25, 0.3) is 5.91 Å². The maximum atomic E-state index is 13.7. The Morgan fingerprint density at radius 2 is 1.77 bits per heavy atom. The Morgan fingerprint density at radius 1 is 1.08 bits per heavy atom. The minimum atomic E-state index is -1.49. The van der Waals surface area contributed by atoms with E-state index in [0.29, 0.717) is 5.56 Å². The summed E-state index contributed by atoms with van der Waals surface area (Å²) >= 11 is 0. The highest BCUT2D eigenvalue weighted by Gasteiger charge is 2.19. The Hall–Kier alpha value is -3.16. The molecular formula is C18H13F4N3O. The highest BCUT2D eigenvalue weighted by Crippen LogP contribution is 2.20. The Morgan fingerprint density at radius 3 is 2.42 bits per heavy atom.